The molecular weight excluding hydrogens is 256 g/mol. The van der Waals surface area contributed by atoms with Gasteiger partial charge in [0.05, 0.1) is 4.90 Å². The fourth-order valence-corrected chi connectivity index (χ4v) is 2.19. The van der Waals surface area contributed by atoms with Crippen LogP contribution in [0.1, 0.15) is 26.3 Å². The number of halogens is 1. The zero-order chi connectivity index (χ0) is 13.3. The molecule has 0 fully saturated rings. The molecule has 1 aromatic carbocycles. The van der Waals surface area contributed by atoms with Crippen LogP contribution in [0.3, 0.4) is 0 Å². The Morgan fingerprint density at radius 1 is 1.18 bits per heavy atom. The second-order valence-corrected chi connectivity index (χ2v) is 8.00. The van der Waals surface area contributed by atoms with Gasteiger partial charge in [0.2, 0.25) is 0 Å². The van der Waals surface area contributed by atoms with Gasteiger partial charge in [0.1, 0.15) is 0 Å². The SMILES string of the molecule is CC(C)(C)C(Cl)Cc1ccc(S(C)(=O)=O)cc1. The first-order chi connectivity index (χ1) is 7.60. The van der Waals surface area contributed by atoms with Crippen molar-refractivity contribution in [2.75, 3.05) is 6.26 Å². The standard InChI is InChI=1S/C13H19ClO2S/c1-13(2,3)12(14)9-10-5-7-11(8-6-10)17(4,15)16/h5-8,12H,9H2,1-4H3. The first-order valence-electron chi connectivity index (χ1n) is 5.54. The average Bonchev–Trinajstić information content (AvgIpc) is 2.15. The molecule has 1 atom stereocenters. The average molecular weight is 275 g/mol. The molecule has 4 heteroatoms. The third-order valence-electron chi connectivity index (χ3n) is 2.71. The van der Waals surface area contributed by atoms with E-state index < -0.39 is 9.84 Å². The van der Waals surface area contributed by atoms with E-state index in [2.05, 4.69) is 20.8 Å². The van der Waals surface area contributed by atoms with Crippen molar-refractivity contribution in [3.05, 3.63) is 29.8 Å². The molecule has 0 saturated heterocycles. The molecule has 0 saturated carbocycles. The Balaban J connectivity index is 2.83. The van der Waals surface area contributed by atoms with Crippen LogP contribution in [-0.2, 0) is 16.3 Å². The molecule has 0 amide bonds. The molecule has 0 radical (unpaired) electrons. The summed E-state index contributed by atoms with van der Waals surface area (Å²) in [5, 5.41) is 0.0339. The molecule has 96 valence electrons. The van der Waals surface area contributed by atoms with Crippen molar-refractivity contribution in [2.45, 2.75) is 37.5 Å². The quantitative estimate of drug-likeness (QED) is 0.793. The molecular formula is C13H19ClO2S. The molecule has 17 heavy (non-hydrogen) atoms. The maximum absolute atomic E-state index is 11.3. The molecule has 2 nitrogen and oxygen atoms in total. The van der Waals surface area contributed by atoms with Crippen molar-refractivity contribution in [3.63, 3.8) is 0 Å². The van der Waals surface area contributed by atoms with Crippen LogP contribution < -0.4 is 0 Å². The van der Waals surface area contributed by atoms with Crippen molar-refractivity contribution in [1.82, 2.24) is 0 Å². The van der Waals surface area contributed by atoms with Gasteiger partial charge in [-0.05, 0) is 29.5 Å². The van der Waals surface area contributed by atoms with Crippen molar-refractivity contribution in [3.8, 4) is 0 Å². The Kier molecular flexibility index (Phi) is 4.26. The normalized spacial score (nSPS) is 14.6. The Labute approximate surface area is 109 Å². The Bertz CT molecular complexity index is 469. The lowest BCUT2D eigenvalue weighted by molar-refractivity contribution is 0.386. The highest BCUT2D eigenvalue weighted by Gasteiger charge is 2.22. The lowest BCUT2D eigenvalue weighted by Crippen LogP contribution is -2.22. The van der Waals surface area contributed by atoms with Crippen LogP contribution in [0.2, 0.25) is 0 Å². The molecule has 0 N–H and O–H groups in total. The summed E-state index contributed by atoms with van der Waals surface area (Å²) in [6.07, 6.45) is 1.95. The molecule has 0 spiro atoms. The van der Waals surface area contributed by atoms with Gasteiger partial charge in [-0.2, -0.15) is 0 Å². The summed E-state index contributed by atoms with van der Waals surface area (Å²) >= 11 is 6.30. The number of sulfone groups is 1. The Morgan fingerprint density at radius 3 is 2.00 bits per heavy atom. The largest absolute Gasteiger partial charge is 0.224 e. The number of benzene rings is 1. The lowest BCUT2D eigenvalue weighted by atomic mass is 9.88. The molecule has 1 rings (SSSR count). The van der Waals surface area contributed by atoms with Gasteiger partial charge in [0.25, 0.3) is 0 Å². The fraction of sp³-hybridized carbons (Fsp3) is 0.538. The minimum atomic E-state index is -3.11. The summed E-state index contributed by atoms with van der Waals surface area (Å²) in [6, 6.07) is 6.93. The molecule has 0 aromatic heterocycles. The van der Waals surface area contributed by atoms with Crippen LogP contribution in [0.4, 0.5) is 0 Å². The third kappa shape index (κ3) is 4.32. The summed E-state index contributed by atoms with van der Waals surface area (Å²) in [7, 11) is -3.11. The minimum absolute atomic E-state index is 0.0339. The van der Waals surface area contributed by atoms with Gasteiger partial charge in [-0.25, -0.2) is 8.42 Å². The number of hydrogen-bond acceptors (Lipinski definition) is 2. The zero-order valence-corrected chi connectivity index (χ0v) is 12.3. The molecule has 0 heterocycles. The van der Waals surface area contributed by atoms with Crippen molar-refractivity contribution in [1.29, 1.82) is 0 Å². The van der Waals surface area contributed by atoms with Crippen molar-refractivity contribution in [2.24, 2.45) is 5.41 Å². The van der Waals surface area contributed by atoms with Gasteiger partial charge >= 0.3 is 0 Å². The second-order valence-electron chi connectivity index (χ2n) is 5.45. The maximum atomic E-state index is 11.3. The Morgan fingerprint density at radius 2 is 1.65 bits per heavy atom. The molecule has 0 aliphatic rings. The van der Waals surface area contributed by atoms with Crippen molar-refractivity contribution >= 4 is 21.4 Å². The van der Waals surface area contributed by atoms with Crippen LogP contribution in [0.5, 0.6) is 0 Å². The van der Waals surface area contributed by atoms with E-state index in [0.29, 0.717) is 4.90 Å². The molecule has 0 aliphatic heterocycles. The van der Waals surface area contributed by atoms with Gasteiger partial charge in [0, 0.05) is 11.6 Å². The van der Waals surface area contributed by atoms with E-state index in [-0.39, 0.29) is 10.8 Å². The van der Waals surface area contributed by atoms with E-state index >= 15 is 0 Å². The summed E-state index contributed by atoms with van der Waals surface area (Å²) in [5.41, 5.74) is 1.10. The molecule has 1 aromatic rings. The van der Waals surface area contributed by atoms with Gasteiger partial charge in [-0.3, -0.25) is 0 Å². The Hall–Kier alpha value is -0.540. The highest BCUT2D eigenvalue weighted by Crippen LogP contribution is 2.27. The summed E-state index contributed by atoms with van der Waals surface area (Å²) in [6.45, 7) is 6.28. The van der Waals surface area contributed by atoms with E-state index in [0.717, 1.165) is 12.0 Å². The maximum Gasteiger partial charge on any atom is 0.175 e. The van der Waals surface area contributed by atoms with E-state index in [1.165, 1.54) is 6.26 Å². The predicted molar refractivity (Wildman–Crippen MR) is 72.4 cm³/mol. The summed E-state index contributed by atoms with van der Waals surface area (Å²) in [5.74, 6) is 0. The van der Waals surface area contributed by atoms with Gasteiger partial charge < -0.3 is 0 Å². The monoisotopic (exact) mass is 274 g/mol. The third-order valence-corrected chi connectivity index (χ3v) is 4.64. The summed E-state index contributed by atoms with van der Waals surface area (Å²) < 4.78 is 22.6. The highest BCUT2D eigenvalue weighted by atomic mass is 35.5. The smallest absolute Gasteiger partial charge is 0.175 e. The van der Waals surface area contributed by atoms with E-state index in [9.17, 15) is 8.42 Å². The van der Waals surface area contributed by atoms with Crippen LogP contribution >= 0.6 is 11.6 Å². The zero-order valence-electron chi connectivity index (χ0n) is 10.7. The van der Waals surface area contributed by atoms with E-state index in [4.69, 9.17) is 11.6 Å². The predicted octanol–water partition coefficient (Wildman–Crippen LogP) is 3.29. The lowest BCUT2D eigenvalue weighted by Gasteiger charge is -2.25. The van der Waals surface area contributed by atoms with Crippen LogP contribution in [0.25, 0.3) is 0 Å². The fourth-order valence-electron chi connectivity index (χ4n) is 1.39. The van der Waals surface area contributed by atoms with Crippen LogP contribution in [-0.4, -0.2) is 20.1 Å². The van der Waals surface area contributed by atoms with Crippen molar-refractivity contribution < 1.29 is 8.42 Å². The minimum Gasteiger partial charge on any atom is -0.224 e. The number of alkyl halides is 1. The topological polar surface area (TPSA) is 34.1 Å². The van der Waals surface area contributed by atoms with E-state index in [1.807, 2.05) is 12.1 Å². The first-order valence-corrected chi connectivity index (χ1v) is 7.86. The first kappa shape index (κ1) is 14.5. The molecule has 1 unspecified atom stereocenters. The van der Waals surface area contributed by atoms with Gasteiger partial charge in [0.15, 0.2) is 9.84 Å². The number of rotatable bonds is 3. The van der Waals surface area contributed by atoms with E-state index in [1.54, 1.807) is 12.1 Å². The number of hydrogen-bond donors (Lipinski definition) is 0. The highest BCUT2D eigenvalue weighted by molar-refractivity contribution is 7.90. The van der Waals surface area contributed by atoms with Gasteiger partial charge in [-0.1, -0.05) is 32.9 Å². The molecule has 0 bridgehead atoms. The summed E-state index contributed by atoms with van der Waals surface area (Å²) in [4.78, 5) is 0.350. The van der Waals surface area contributed by atoms with Crippen LogP contribution in [0.15, 0.2) is 29.2 Å². The van der Waals surface area contributed by atoms with Gasteiger partial charge in [-0.15, -0.1) is 11.6 Å². The molecule has 0 aliphatic carbocycles. The second kappa shape index (κ2) is 4.99. The van der Waals surface area contributed by atoms with Crippen LogP contribution in [0, 0.1) is 5.41 Å².